The molecule has 1 aromatic rings. The van der Waals surface area contributed by atoms with Gasteiger partial charge in [-0.15, -0.1) is 0 Å². The monoisotopic (exact) mass is 340 g/mol. The molecule has 0 saturated heterocycles. The largest absolute Gasteiger partial charge is 0.398 e. The van der Waals surface area contributed by atoms with Crippen molar-refractivity contribution in [1.29, 1.82) is 0 Å². The Hall–Kier alpha value is -1.07. The molecule has 110 valence electrons. The molecule has 0 spiro atoms. The highest BCUT2D eigenvalue weighted by atomic mass is 79.9. The number of nitrogens with one attached hydrogen (secondary N) is 1. The van der Waals surface area contributed by atoms with Crippen LogP contribution in [0.1, 0.15) is 36.0 Å². The number of nitrogens with two attached hydrogens (primary N) is 1. The Bertz CT molecular complexity index is 479. The van der Waals surface area contributed by atoms with Crippen molar-refractivity contribution < 1.29 is 9.90 Å². The number of rotatable bonds is 4. The molecule has 1 amide bonds. The van der Waals surface area contributed by atoms with E-state index in [0.717, 1.165) is 17.3 Å². The number of hydrogen-bond acceptors (Lipinski definition) is 3. The summed E-state index contributed by atoms with van der Waals surface area (Å²) in [5, 5.41) is 12.3. The fourth-order valence-corrected chi connectivity index (χ4v) is 3.23. The van der Waals surface area contributed by atoms with Crippen LogP contribution in [0.2, 0.25) is 0 Å². The standard InChI is InChI=1S/C15H21BrN2O2/c16-12-5-6-13(14(17)7-12)15(20)18-8-10-3-1-2-4-11(10)9-19/h5-7,10-11,19H,1-4,8-9,17H2,(H,18,20). The van der Waals surface area contributed by atoms with E-state index in [1.807, 2.05) is 6.07 Å². The third-order valence-corrected chi connectivity index (χ3v) is 4.58. The zero-order valence-corrected chi connectivity index (χ0v) is 13.0. The fourth-order valence-electron chi connectivity index (χ4n) is 2.85. The third-order valence-electron chi connectivity index (χ3n) is 4.08. The highest BCUT2D eigenvalue weighted by molar-refractivity contribution is 9.10. The lowest BCUT2D eigenvalue weighted by Gasteiger charge is -2.30. The highest BCUT2D eigenvalue weighted by Gasteiger charge is 2.25. The maximum Gasteiger partial charge on any atom is 0.253 e. The lowest BCUT2D eigenvalue weighted by atomic mass is 9.79. The van der Waals surface area contributed by atoms with Crippen LogP contribution in [-0.2, 0) is 0 Å². The molecule has 4 N–H and O–H groups in total. The summed E-state index contributed by atoms with van der Waals surface area (Å²) in [7, 11) is 0. The Balaban J connectivity index is 1.94. The average Bonchev–Trinajstić information content (AvgIpc) is 2.45. The second-order valence-electron chi connectivity index (χ2n) is 5.43. The minimum Gasteiger partial charge on any atom is -0.398 e. The number of aliphatic hydroxyl groups excluding tert-OH is 1. The minimum absolute atomic E-state index is 0.141. The van der Waals surface area contributed by atoms with E-state index >= 15 is 0 Å². The molecule has 2 rings (SSSR count). The van der Waals surface area contributed by atoms with Gasteiger partial charge in [-0.25, -0.2) is 0 Å². The maximum absolute atomic E-state index is 12.1. The zero-order valence-electron chi connectivity index (χ0n) is 11.4. The average molecular weight is 341 g/mol. The van der Waals surface area contributed by atoms with E-state index in [2.05, 4.69) is 21.2 Å². The van der Waals surface area contributed by atoms with Gasteiger partial charge in [0.25, 0.3) is 5.91 Å². The van der Waals surface area contributed by atoms with Crippen LogP contribution in [0, 0.1) is 11.8 Å². The predicted molar refractivity (Wildman–Crippen MR) is 83.4 cm³/mol. The summed E-state index contributed by atoms with van der Waals surface area (Å²) >= 11 is 3.32. The van der Waals surface area contributed by atoms with Crippen LogP contribution in [0.25, 0.3) is 0 Å². The summed E-state index contributed by atoms with van der Waals surface area (Å²) < 4.78 is 0.860. The van der Waals surface area contributed by atoms with E-state index in [1.165, 1.54) is 12.8 Å². The van der Waals surface area contributed by atoms with E-state index in [0.29, 0.717) is 29.6 Å². The number of benzene rings is 1. The van der Waals surface area contributed by atoms with Crippen molar-refractivity contribution in [2.45, 2.75) is 25.7 Å². The number of carbonyl (C=O) groups excluding carboxylic acids is 1. The van der Waals surface area contributed by atoms with Gasteiger partial charge in [-0.2, -0.15) is 0 Å². The number of carbonyl (C=O) groups is 1. The van der Waals surface area contributed by atoms with E-state index in [4.69, 9.17) is 5.73 Å². The quantitative estimate of drug-likeness (QED) is 0.737. The Kier molecular flexibility index (Phi) is 5.43. The van der Waals surface area contributed by atoms with Gasteiger partial charge in [0, 0.05) is 23.3 Å². The van der Waals surface area contributed by atoms with Gasteiger partial charge in [-0.05, 0) is 42.9 Å². The van der Waals surface area contributed by atoms with Crippen molar-refractivity contribution in [3.8, 4) is 0 Å². The summed E-state index contributed by atoms with van der Waals surface area (Å²) in [6, 6.07) is 5.26. The van der Waals surface area contributed by atoms with E-state index in [-0.39, 0.29) is 12.5 Å². The van der Waals surface area contributed by atoms with Crippen molar-refractivity contribution in [3.05, 3.63) is 28.2 Å². The lowest BCUT2D eigenvalue weighted by molar-refractivity contribution is 0.0910. The molecule has 0 heterocycles. The number of halogens is 1. The molecule has 2 atom stereocenters. The molecule has 1 aromatic carbocycles. The Morgan fingerprint density at radius 1 is 1.35 bits per heavy atom. The summed E-state index contributed by atoms with van der Waals surface area (Å²) in [4.78, 5) is 12.1. The van der Waals surface area contributed by atoms with Crippen LogP contribution in [-0.4, -0.2) is 24.2 Å². The van der Waals surface area contributed by atoms with Crippen molar-refractivity contribution in [1.82, 2.24) is 5.32 Å². The van der Waals surface area contributed by atoms with Gasteiger partial charge in [-0.3, -0.25) is 4.79 Å². The number of hydrogen-bond donors (Lipinski definition) is 3. The van der Waals surface area contributed by atoms with Crippen LogP contribution in [0.5, 0.6) is 0 Å². The maximum atomic E-state index is 12.1. The molecule has 4 nitrogen and oxygen atoms in total. The molecule has 20 heavy (non-hydrogen) atoms. The summed E-state index contributed by atoms with van der Waals surface area (Å²) in [5.74, 6) is 0.540. The number of amides is 1. The van der Waals surface area contributed by atoms with E-state index < -0.39 is 0 Å². The first kappa shape index (κ1) is 15.3. The second kappa shape index (κ2) is 7.09. The highest BCUT2D eigenvalue weighted by Crippen LogP contribution is 2.29. The van der Waals surface area contributed by atoms with E-state index in [9.17, 15) is 9.90 Å². The second-order valence-corrected chi connectivity index (χ2v) is 6.34. The molecule has 0 bridgehead atoms. The normalized spacial score (nSPS) is 22.5. The first-order valence-electron chi connectivity index (χ1n) is 7.06. The van der Waals surface area contributed by atoms with Crippen LogP contribution in [0.3, 0.4) is 0 Å². The smallest absolute Gasteiger partial charge is 0.253 e. The van der Waals surface area contributed by atoms with Gasteiger partial charge >= 0.3 is 0 Å². The molecular weight excluding hydrogens is 320 g/mol. The predicted octanol–water partition coefficient (Wildman–Crippen LogP) is 2.56. The Labute approximate surface area is 127 Å². The van der Waals surface area contributed by atoms with Crippen molar-refractivity contribution >= 4 is 27.5 Å². The van der Waals surface area contributed by atoms with Crippen LogP contribution >= 0.6 is 15.9 Å². The van der Waals surface area contributed by atoms with Crippen LogP contribution < -0.4 is 11.1 Å². The molecule has 1 saturated carbocycles. The number of anilines is 1. The van der Waals surface area contributed by atoms with Gasteiger partial charge < -0.3 is 16.2 Å². The van der Waals surface area contributed by atoms with Gasteiger partial charge in [0.05, 0.1) is 5.56 Å². The molecular formula is C15H21BrN2O2. The third kappa shape index (κ3) is 3.73. The minimum atomic E-state index is -0.141. The van der Waals surface area contributed by atoms with Crippen molar-refractivity contribution in [2.75, 3.05) is 18.9 Å². The Morgan fingerprint density at radius 2 is 2.05 bits per heavy atom. The SMILES string of the molecule is Nc1cc(Br)ccc1C(=O)NCC1CCCCC1CO. The molecule has 1 fully saturated rings. The van der Waals surface area contributed by atoms with Crippen LogP contribution in [0.15, 0.2) is 22.7 Å². The lowest BCUT2D eigenvalue weighted by Crippen LogP contribution is -2.35. The molecule has 0 aliphatic heterocycles. The first-order valence-corrected chi connectivity index (χ1v) is 7.85. The van der Waals surface area contributed by atoms with Gasteiger partial charge in [-0.1, -0.05) is 28.8 Å². The molecule has 1 aliphatic rings. The van der Waals surface area contributed by atoms with Crippen molar-refractivity contribution in [2.24, 2.45) is 11.8 Å². The summed E-state index contributed by atoms with van der Waals surface area (Å²) in [6.07, 6.45) is 4.48. The van der Waals surface area contributed by atoms with Gasteiger partial charge in [0.15, 0.2) is 0 Å². The zero-order chi connectivity index (χ0) is 14.5. The molecule has 0 radical (unpaired) electrons. The Morgan fingerprint density at radius 3 is 2.70 bits per heavy atom. The van der Waals surface area contributed by atoms with Crippen molar-refractivity contribution in [3.63, 3.8) is 0 Å². The summed E-state index contributed by atoms with van der Waals surface area (Å²) in [6.45, 7) is 0.820. The number of nitrogen functional groups attached to an aromatic ring is 1. The van der Waals surface area contributed by atoms with E-state index in [1.54, 1.807) is 12.1 Å². The molecule has 0 aromatic heterocycles. The molecule has 2 unspecified atom stereocenters. The van der Waals surface area contributed by atoms with Gasteiger partial charge in [0.1, 0.15) is 0 Å². The van der Waals surface area contributed by atoms with Gasteiger partial charge in [0.2, 0.25) is 0 Å². The first-order chi connectivity index (χ1) is 9.61. The topological polar surface area (TPSA) is 75.4 Å². The van der Waals surface area contributed by atoms with Crippen LogP contribution in [0.4, 0.5) is 5.69 Å². The number of aliphatic hydroxyl groups is 1. The molecule has 1 aliphatic carbocycles. The molecule has 5 heteroatoms. The summed E-state index contributed by atoms with van der Waals surface area (Å²) in [5.41, 5.74) is 6.83. The fraction of sp³-hybridized carbons (Fsp3) is 0.533.